The van der Waals surface area contributed by atoms with Crippen LogP contribution in [0.4, 0.5) is 0 Å². The summed E-state index contributed by atoms with van der Waals surface area (Å²) in [7, 11) is -2.25. The Balaban J connectivity index is 1.16. The summed E-state index contributed by atoms with van der Waals surface area (Å²) >= 11 is 0. The van der Waals surface area contributed by atoms with Crippen molar-refractivity contribution >= 4 is 50.5 Å². The van der Waals surface area contributed by atoms with Crippen molar-refractivity contribution in [3.63, 3.8) is 0 Å². The fraction of sp³-hybridized carbons (Fsp3) is 0.638. The zero-order chi connectivity index (χ0) is 43.6. The minimum atomic E-state index is -3.87. The number of ketones is 1. The number of methoxy groups -OCH3 is 1. The van der Waals surface area contributed by atoms with E-state index in [2.05, 4.69) is 17.4 Å². The Labute approximate surface area is 365 Å². The SMILES string of the molecule is C=C[C@@H]1C[C@]1(CC(=O)[C@@H]1C[C@@H]2CN1C(=O)[C@H](C1CCCCC1)CC(=O)N1CCC(CC1)OCCC/C=C/c1cc3c(cc(OCC)nc3cc1OC)O2)C(=O)NS(=O)(=O)C1CC1. The number of fused-ring (bicyclic) bond motifs is 9. The second-order valence-corrected chi connectivity index (χ2v) is 20.2. The van der Waals surface area contributed by atoms with Gasteiger partial charge in [-0.2, -0.15) is 0 Å². The zero-order valence-corrected chi connectivity index (χ0v) is 37.0. The molecule has 1 N–H and O–H groups in total. The van der Waals surface area contributed by atoms with Gasteiger partial charge in [0.25, 0.3) is 0 Å². The molecule has 3 aliphatic carbocycles. The van der Waals surface area contributed by atoms with Crippen LogP contribution >= 0.6 is 0 Å². The fourth-order valence-corrected chi connectivity index (χ4v) is 11.6. The molecule has 7 aliphatic rings. The minimum absolute atomic E-state index is 0.0278. The lowest BCUT2D eigenvalue weighted by molar-refractivity contribution is -0.147. The van der Waals surface area contributed by atoms with Crippen LogP contribution in [-0.2, 0) is 33.9 Å². The molecule has 2 aromatic rings. The predicted molar refractivity (Wildman–Crippen MR) is 233 cm³/mol. The van der Waals surface area contributed by atoms with Crippen LogP contribution in [0, 0.1) is 23.2 Å². The molecule has 14 nitrogen and oxygen atoms in total. The minimum Gasteiger partial charge on any atom is -0.496 e. The molecule has 3 amide bonds. The summed E-state index contributed by atoms with van der Waals surface area (Å²) in [5.41, 5.74) is 0.123. The molecule has 1 aromatic heterocycles. The van der Waals surface area contributed by atoms with Crippen molar-refractivity contribution in [3.05, 3.63) is 42.5 Å². The summed E-state index contributed by atoms with van der Waals surface area (Å²) in [5, 5.41) is 0.0872. The molecule has 4 aliphatic heterocycles. The van der Waals surface area contributed by atoms with E-state index < -0.39 is 50.6 Å². The maximum Gasteiger partial charge on any atom is 0.240 e. The first kappa shape index (κ1) is 44.1. The zero-order valence-electron chi connectivity index (χ0n) is 36.2. The summed E-state index contributed by atoms with van der Waals surface area (Å²) < 4.78 is 52.9. The van der Waals surface area contributed by atoms with E-state index in [1.54, 1.807) is 24.2 Å². The Kier molecular flexibility index (Phi) is 13.3. The highest BCUT2D eigenvalue weighted by Gasteiger charge is 2.61. The highest BCUT2D eigenvalue weighted by Crippen LogP contribution is 2.57. The Bertz CT molecular complexity index is 2180. The van der Waals surface area contributed by atoms with Crippen LogP contribution in [0.1, 0.15) is 109 Å². The largest absolute Gasteiger partial charge is 0.496 e. The Morgan fingerprint density at radius 1 is 1.03 bits per heavy atom. The number of aromatic nitrogens is 1. The number of rotatable bonds is 11. The number of Topliss-reactive ketones (excluding diaryl/α,β-unsaturated/α-hetero) is 1. The highest BCUT2D eigenvalue weighted by molar-refractivity contribution is 7.90. The molecule has 0 unspecified atom stereocenters. The molecule has 3 saturated carbocycles. The Morgan fingerprint density at radius 3 is 2.50 bits per heavy atom. The Morgan fingerprint density at radius 2 is 1.81 bits per heavy atom. The lowest BCUT2D eigenvalue weighted by Gasteiger charge is -2.36. The van der Waals surface area contributed by atoms with E-state index >= 15 is 4.79 Å². The topological polar surface area (TPSA) is 171 Å². The molecular formula is C47H62N4O10S. The van der Waals surface area contributed by atoms with Crippen LogP contribution in [0.15, 0.2) is 36.9 Å². The van der Waals surface area contributed by atoms with Crippen LogP contribution in [0.2, 0.25) is 0 Å². The number of carbonyl (C=O) groups is 4. The van der Waals surface area contributed by atoms with Gasteiger partial charge in [-0.1, -0.05) is 37.5 Å². The van der Waals surface area contributed by atoms with Gasteiger partial charge in [0.15, 0.2) is 5.78 Å². The molecule has 2 saturated heterocycles. The molecule has 5 atom stereocenters. The average Bonchev–Trinajstić information content (AvgIpc) is 4.20. The van der Waals surface area contributed by atoms with E-state index in [0.29, 0.717) is 67.4 Å². The van der Waals surface area contributed by atoms with E-state index in [4.69, 9.17) is 23.9 Å². The van der Waals surface area contributed by atoms with E-state index in [1.807, 2.05) is 30.0 Å². The number of benzene rings is 1. The summed E-state index contributed by atoms with van der Waals surface area (Å²) in [6.07, 6.45) is 14.0. The second-order valence-electron chi connectivity index (χ2n) is 18.2. The van der Waals surface area contributed by atoms with Crippen LogP contribution in [0.5, 0.6) is 17.4 Å². The first-order chi connectivity index (χ1) is 29.9. The quantitative estimate of drug-likeness (QED) is 0.257. The van der Waals surface area contributed by atoms with Crippen molar-refractivity contribution in [3.8, 4) is 17.4 Å². The Hall–Kier alpha value is -4.50. The van der Waals surface area contributed by atoms with Gasteiger partial charge in [0.2, 0.25) is 33.6 Å². The van der Waals surface area contributed by atoms with Crippen molar-refractivity contribution in [2.24, 2.45) is 23.2 Å². The molecule has 9 rings (SSSR count). The van der Waals surface area contributed by atoms with Crippen LogP contribution in [-0.4, -0.2) is 110 Å². The third kappa shape index (κ3) is 9.53. The number of sulfonamides is 1. The van der Waals surface area contributed by atoms with Gasteiger partial charge in [0.05, 0.1) is 48.6 Å². The summed E-state index contributed by atoms with van der Waals surface area (Å²) in [6.45, 7) is 7.91. The highest BCUT2D eigenvalue weighted by atomic mass is 32.2. The van der Waals surface area contributed by atoms with Gasteiger partial charge in [-0.05, 0) is 82.6 Å². The molecule has 0 spiro atoms. The monoisotopic (exact) mass is 874 g/mol. The van der Waals surface area contributed by atoms with Gasteiger partial charge in [-0.25, -0.2) is 13.4 Å². The third-order valence-electron chi connectivity index (χ3n) is 14.1. The maximum atomic E-state index is 15.3. The standard InChI is InChI=1S/C47H62N4O10S/c1-4-32-27-47(32,46(55)49-62(56,57)35-15-16-35)28-40(52)39-23-34-29-51(39)45(54)36(30-12-8-6-9-13-30)24-44(53)50-19-17-33(18-20-50)60-21-11-7-10-14-31-22-37-38(25-41(31)58-3)48-43(59-5-2)26-42(37)61-34/h4,10,14,22,25-26,30,32-36,39H,1,5-9,11-13,15-21,23-24,27-29H2,2-3H3,(H,49,55)/b14-10+/t32-,34-,36+,39+,47-/m1/s1. The van der Waals surface area contributed by atoms with Crippen molar-refractivity contribution in [2.45, 2.75) is 127 Å². The van der Waals surface area contributed by atoms with Gasteiger partial charge in [0.1, 0.15) is 17.6 Å². The van der Waals surface area contributed by atoms with Crippen molar-refractivity contribution in [1.82, 2.24) is 19.5 Å². The van der Waals surface area contributed by atoms with Gasteiger partial charge in [0, 0.05) is 68.0 Å². The lowest BCUT2D eigenvalue weighted by Crippen LogP contribution is -2.49. The van der Waals surface area contributed by atoms with Gasteiger partial charge in [-0.15, -0.1) is 6.58 Å². The number of nitrogens with zero attached hydrogens (tertiary/aromatic N) is 3. The number of carbonyl (C=O) groups excluding carboxylic acids is 4. The molecule has 5 fully saturated rings. The van der Waals surface area contributed by atoms with Crippen molar-refractivity contribution in [1.29, 1.82) is 0 Å². The van der Waals surface area contributed by atoms with Crippen LogP contribution in [0.25, 0.3) is 17.0 Å². The van der Waals surface area contributed by atoms with E-state index in [9.17, 15) is 22.8 Å². The molecule has 336 valence electrons. The van der Waals surface area contributed by atoms with E-state index in [1.165, 1.54) is 0 Å². The van der Waals surface area contributed by atoms with Gasteiger partial charge >= 0.3 is 0 Å². The number of ether oxygens (including phenoxy) is 4. The predicted octanol–water partition coefficient (Wildman–Crippen LogP) is 6.15. The molecule has 5 heterocycles. The summed E-state index contributed by atoms with van der Waals surface area (Å²) in [4.78, 5) is 66.3. The number of hydrogen-bond acceptors (Lipinski definition) is 11. The molecule has 15 heteroatoms. The van der Waals surface area contributed by atoms with Crippen LogP contribution in [0.3, 0.4) is 0 Å². The molecule has 62 heavy (non-hydrogen) atoms. The van der Waals surface area contributed by atoms with Crippen LogP contribution < -0.4 is 18.9 Å². The number of pyridine rings is 1. The molecule has 6 bridgehead atoms. The lowest BCUT2D eigenvalue weighted by atomic mass is 9.77. The van der Waals surface area contributed by atoms with Gasteiger partial charge in [-0.3, -0.25) is 23.9 Å². The van der Waals surface area contributed by atoms with Gasteiger partial charge < -0.3 is 28.7 Å². The number of piperidine rings is 1. The van der Waals surface area contributed by atoms with E-state index in [0.717, 1.165) is 63.4 Å². The van der Waals surface area contributed by atoms with E-state index in [-0.39, 0.29) is 61.8 Å². The molecule has 1 aromatic carbocycles. The number of hydrogen-bond donors (Lipinski definition) is 1. The number of nitrogens with one attached hydrogen (secondary N) is 1. The normalized spacial score (nSPS) is 29.4. The first-order valence-corrected chi connectivity index (χ1v) is 24.4. The smallest absolute Gasteiger partial charge is 0.240 e. The molecular weight excluding hydrogens is 813 g/mol. The second kappa shape index (κ2) is 18.7. The number of allylic oxidation sites excluding steroid dienone is 2. The maximum absolute atomic E-state index is 15.3. The first-order valence-electron chi connectivity index (χ1n) is 22.8. The fourth-order valence-electron chi connectivity index (χ4n) is 10.2. The third-order valence-corrected chi connectivity index (χ3v) is 15.9. The van der Waals surface area contributed by atoms with Crippen molar-refractivity contribution in [2.75, 3.05) is 40.0 Å². The average molecular weight is 875 g/mol. The number of amides is 3. The van der Waals surface area contributed by atoms with Crippen molar-refractivity contribution < 1.29 is 46.5 Å². The summed E-state index contributed by atoms with van der Waals surface area (Å²) in [6, 6.07) is 4.57. The summed E-state index contributed by atoms with van der Waals surface area (Å²) in [5.74, 6) is -0.988. The molecule has 0 radical (unpaired) electrons.